The van der Waals surface area contributed by atoms with E-state index in [9.17, 15) is 14.9 Å². The molecule has 0 saturated carbocycles. The molecule has 0 bridgehead atoms. The average molecular weight is 246 g/mol. The number of nitro groups is 1. The van der Waals surface area contributed by atoms with E-state index in [4.69, 9.17) is 0 Å². The normalized spacial score (nSPS) is 10.0. The zero-order chi connectivity index (χ0) is 13.0. The molecule has 0 spiro atoms. The van der Waals surface area contributed by atoms with Crippen LogP contribution in [0.5, 0.6) is 0 Å². The highest BCUT2D eigenvalue weighted by atomic mass is 16.6. The summed E-state index contributed by atoms with van der Waals surface area (Å²) < 4.78 is 0. The van der Waals surface area contributed by atoms with Gasteiger partial charge in [-0.3, -0.25) is 14.9 Å². The number of nitro benzene ring substituents is 1. The number of H-pyrrole nitrogens is 1. The molecular formula is C11H10N4O3. The number of hydrogen-bond acceptors (Lipinski definition) is 5. The lowest BCUT2D eigenvalue weighted by atomic mass is 10.2. The van der Waals surface area contributed by atoms with Crippen molar-refractivity contribution in [3.63, 3.8) is 0 Å². The number of aromatic amines is 1. The quantitative estimate of drug-likeness (QED) is 0.625. The Kier molecular flexibility index (Phi) is 3.33. The Hall–Kier alpha value is -2.70. The molecule has 2 N–H and O–H groups in total. The third-order valence-electron chi connectivity index (χ3n) is 2.31. The number of aromatic nitrogens is 2. The topological polar surface area (TPSA) is 101 Å². The molecule has 0 unspecified atom stereocenters. The van der Waals surface area contributed by atoms with Crippen LogP contribution in [0.4, 0.5) is 11.5 Å². The second-order valence-corrected chi connectivity index (χ2v) is 3.54. The first kappa shape index (κ1) is 11.8. The number of nitrogens with one attached hydrogen (secondary N) is 2. The van der Waals surface area contributed by atoms with Crippen LogP contribution in [0.1, 0.15) is 5.56 Å². The second-order valence-electron chi connectivity index (χ2n) is 3.54. The summed E-state index contributed by atoms with van der Waals surface area (Å²) in [5.74, 6) is 0.218. The van der Waals surface area contributed by atoms with E-state index in [1.165, 1.54) is 24.5 Å². The maximum absolute atomic E-state index is 11.3. The third kappa shape index (κ3) is 2.70. The van der Waals surface area contributed by atoms with Gasteiger partial charge in [0.15, 0.2) is 5.82 Å². The molecule has 92 valence electrons. The van der Waals surface area contributed by atoms with Crippen molar-refractivity contribution in [3.05, 3.63) is 62.7 Å². The van der Waals surface area contributed by atoms with Crippen LogP contribution in [0.2, 0.25) is 0 Å². The number of nitrogens with zero attached hydrogens (tertiary/aromatic N) is 2. The predicted octanol–water partition coefficient (Wildman–Crippen LogP) is 1.29. The van der Waals surface area contributed by atoms with E-state index in [0.717, 1.165) is 5.56 Å². The minimum absolute atomic E-state index is 0.0365. The fourth-order valence-electron chi connectivity index (χ4n) is 1.40. The highest BCUT2D eigenvalue weighted by Gasteiger charge is 2.04. The van der Waals surface area contributed by atoms with Gasteiger partial charge in [-0.2, -0.15) is 0 Å². The molecule has 7 heteroatoms. The molecule has 1 aromatic heterocycles. The molecule has 0 amide bonds. The first-order chi connectivity index (χ1) is 8.66. The van der Waals surface area contributed by atoms with Gasteiger partial charge in [-0.15, -0.1) is 0 Å². The summed E-state index contributed by atoms with van der Waals surface area (Å²) in [4.78, 5) is 27.7. The van der Waals surface area contributed by atoms with Crippen molar-refractivity contribution in [3.8, 4) is 0 Å². The zero-order valence-corrected chi connectivity index (χ0v) is 9.29. The van der Waals surface area contributed by atoms with E-state index >= 15 is 0 Å². The fraction of sp³-hybridized carbons (Fsp3) is 0.0909. The molecular weight excluding hydrogens is 236 g/mol. The SMILES string of the molecule is O=c1[nH]ccnc1NCc1ccc([N+](=O)[O-])cc1. The molecule has 1 aromatic carbocycles. The fourth-order valence-corrected chi connectivity index (χ4v) is 1.40. The van der Waals surface area contributed by atoms with Crippen molar-refractivity contribution in [1.82, 2.24) is 9.97 Å². The van der Waals surface area contributed by atoms with Crippen molar-refractivity contribution in [2.45, 2.75) is 6.54 Å². The number of rotatable bonds is 4. The highest BCUT2D eigenvalue weighted by Crippen LogP contribution is 2.12. The highest BCUT2D eigenvalue weighted by molar-refractivity contribution is 5.36. The van der Waals surface area contributed by atoms with Crippen LogP contribution in [0.15, 0.2) is 41.5 Å². The van der Waals surface area contributed by atoms with Crippen LogP contribution in [0.25, 0.3) is 0 Å². The molecule has 0 aliphatic heterocycles. The van der Waals surface area contributed by atoms with Crippen LogP contribution in [-0.2, 0) is 6.54 Å². The van der Waals surface area contributed by atoms with Crippen LogP contribution < -0.4 is 10.9 Å². The maximum atomic E-state index is 11.3. The smallest absolute Gasteiger partial charge is 0.290 e. The van der Waals surface area contributed by atoms with E-state index in [0.29, 0.717) is 6.54 Å². The van der Waals surface area contributed by atoms with Crippen molar-refractivity contribution < 1.29 is 4.92 Å². The zero-order valence-electron chi connectivity index (χ0n) is 9.29. The Bertz CT molecular complexity index is 606. The molecule has 0 atom stereocenters. The van der Waals surface area contributed by atoms with Crippen LogP contribution in [0.3, 0.4) is 0 Å². The van der Waals surface area contributed by atoms with Gasteiger partial charge in [0.25, 0.3) is 11.2 Å². The molecule has 0 radical (unpaired) electrons. The van der Waals surface area contributed by atoms with Gasteiger partial charge < -0.3 is 10.3 Å². The molecule has 0 aliphatic rings. The Morgan fingerprint density at radius 1 is 1.33 bits per heavy atom. The van der Waals surface area contributed by atoms with Crippen molar-refractivity contribution >= 4 is 11.5 Å². The Morgan fingerprint density at radius 3 is 2.67 bits per heavy atom. The van der Waals surface area contributed by atoms with Gasteiger partial charge in [-0.25, -0.2) is 4.98 Å². The lowest BCUT2D eigenvalue weighted by Crippen LogP contribution is -2.14. The van der Waals surface area contributed by atoms with E-state index in [1.807, 2.05) is 0 Å². The third-order valence-corrected chi connectivity index (χ3v) is 2.31. The van der Waals surface area contributed by atoms with Gasteiger partial charge in [0, 0.05) is 31.1 Å². The summed E-state index contributed by atoms with van der Waals surface area (Å²) >= 11 is 0. The lowest BCUT2D eigenvalue weighted by molar-refractivity contribution is -0.384. The van der Waals surface area contributed by atoms with Gasteiger partial charge in [-0.05, 0) is 5.56 Å². The predicted molar refractivity (Wildman–Crippen MR) is 65.3 cm³/mol. The van der Waals surface area contributed by atoms with Crippen LogP contribution in [0, 0.1) is 10.1 Å². The molecule has 0 fully saturated rings. The number of non-ortho nitro benzene ring substituents is 1. The number of benzene rings is 1. The molecule has 7 nitrogen and oxygen atoms in total. The summed E-state index contributed by atoms with van der Waals surface area (Å²) in [7, 11) is 0. The molecule has 18 heavy (non-hydrogen) atoms. The first-order valence-electron chi connectivity index (χ1n) is 5.18. The molecule has 2 rings (SSSR count). The molecule has 0 aliphatic carbocycles. The van der Waals surface area contributed by atoms with Gasteiger partial charge >= 0.3 is 0 Å². The molecule has 0 saturated heterocycles. The summed E-state index contributed by atoms with van der Waals surface area (Å²) in [5, 5.41) is 13.3. The molecule has 1 heterocycles. The van der Waals surface area contributed by atoms with Gasteiger partial charge in [0.2, 0.25) is 0 Å². The largest absolute Gasteiger partial charge is 0.361 e. The minimum Gasteiger partial charge on any atom is -0.361 e. The van der Waals surface area contributed by atoms with Crippen molar-refractivity contribution in [2.75, 3.05) is 5.32 Å². The summed E-state index contributed by atoms with van der Waals surface area (Å²) in [5.41, 5.74) is 0.555. The first-order valence-corrected chi connectivity index (χ1v) is 5.18. The van der Waals surface area contributed by atoms with Crippen LogP contribution in [-0.4, -0.2) is 14.9 Å². The Balaban J connectivity index is 2.05. The average Bonchev–Trinajstić information content (AvgIpc) is 2.38. The number of anilines is 1. The van der Waals surface area contributed by atoms with Gasteiger partial charge in [0.1, 0.15) is 0 Å². The summed E-state index contributed by atoms with van der Waals surface area (Å²) in [6.45, 7) is 0.373. The summed E-state index contributed by atoms with van der Waals surface area (Å²) in [6.07, 6.45) is 2.92. The second kappa shape index (κ2) is 5.09. The van der Waals surface area contributed by atoms with Crippen molar-refractivity contribution in [1.29, 1.82) is 0 Å². The van der Waals surface area contributed by atoms with Crippen molar-refractivity contribution in [2.24, 2.45) is 0 Å². The lowest BCUT2D eigenvalue weighted by Gasteiger charge is -2.03. The van der Waals surface area contributed by atoms with E-state index in [1.54, 1.807) is 12.1 Å². The van der Waals surface area contributed by atoms with Gasteiger partial charge in [-0.1, -0.05) is 12.1 Å². The van der Waals surface area contributed by atoms with E-state index < -0.39 is 4.92 Å². The molecule has 2 aromatic rings. The minimum atomic E-state index is -0.458. The summed E-state index contributed by atoms with van der Waals surface area (Å²) in [6, 6.07) is 6.09. The van der Waals surface area contributed by atoms with Crippen LogP contribution >= 0.6 is 0 Å². The monoisotopic (exact) mass is 246 g/mol. The van der Waals surface area contributed by atoms with Gasteiger partial charge in [0.05, 0.1) is 4.92 Å². The Morgan fingerprint density at radius 2 is 2.06 bits per heavy atom. The Labute approximate surface area is 102 Å². The number of hydrogen-bond donors (Lipinski definition) is 2. The van der Waals surface area contributed by atoms with E-state index in [2.05, 4.69) is 15.3 Å². The standard InChI is InChI=1S/C11H10N4O3/c16-11-10(12-5-6-13-11)14-7-8-1-3-9(4-2-8)15(17)18/h1-6H,7H2,(H,12,14)(H,13,16). The maximum Gasteiger partial charge on any atom is 0.290 e. The van der Waals surface area contributed by atoms with E-state index in [-0.39, 0.29) is 17.1 Å².